The number of non-ortho nitro benzene ring substituents is 1. The van der Waals surface area contributed by atoms with Crippen LogP contribution in [0.2, 0.25) is 5.02 Å². The molecule has 0 radical (unpaired) electrons. The number of nitro groups is 1. The molecule has 0 atom stereocenters. The third kappa shape index (κ3) is 4.71. The molecule has 11 heteroatoms. The molecule has 2 aromatic carbocycles. The first-order valence-corrected chi connectivity index (χ1v) is 9.66. The van der Waals surface area contributed by atoms with Gasteiger partial charge in [0.1, 0.15) is 5.75 Å². The molecule has 0 aliphatic rings. The van der Waals surface area contributed by atoms with Crippen LogP contribution in [-0.2, 0) is 0 Å². The molecule has 2 aromatic heterocycles. The summed E-state index contributed by atoms with van der Waals surface area (Å²) in [6.45, 7) is 1.88. The monoisotopic (exact) mass is 450 g/mol. The molecule has 4 rings (SSSR count). The van der Waals surface area contributed by atoms with E-state index < -0.39 is 10.8 Å². The Kier molecular flexibility index (Phi) is 5.77. The minimum atomic E-state index is -0.581. The van der Waals surface area contributed by atoms with Gasteiger partial charge in [0.05, 0.1) is 21.2 Å². The zero-order chi connectivity index (χ0) is 22.7. The molecule has 1 amide bonds. The van der Waals surface area contributed by atoms with Gasteiger partial charge in [0, 0.05) is 30.1 Å². The van der Waals surface area contributed by atoms with E-state index in [2.05, 4.69) is 20.6 Å². The maximum Gasteiger partial charge on any atom is 0.270 e. The molecular formula is C21H15ClN6O4. The molecule has 0 saturated heterocycles. The third-order valence-corrected chi connectivity index (χ3v) is 4.64. The number of carbonyl (C=O) groups excluding carboxylic acids is 1. The number of hydrogen-bond acceptors (Lipinski definition) is 7. The van der Waals surface area contributed by atoms with Gasteiger partial charge in [0.25, 0.3) is 11.6 Å². The Morgan fingerprint density at radius 1 is 1.09 bits per heavy atom. The number of amides is 1. The van der Waals surface area contributed by atoms with Crippen molar-refractivity contribution in [3.63, 3.8) is 0 Å². The summed E-state index contributed by atoms with van der Waals surface area (Å²) in [4.78, 5) is 22.6. The Balaban J connectivity index is 1.40. The predicted octanol–water partition coefficient (Wildman–Crippen LogP) is 4.58. The number of nitrogens with one attached hydrogen (secondary N) is 1. The van der Waals surface area contributed by atoms with Crippen LogP contribution in [0.5, 0.6) is 11.6 Å². The highest BCUT2D eigenvalue weighted by atomic mass is 35.5. The summed E-state index contributed by atoms with van der Waals surface area (Å²) in [5.41, 5.74) is 1.30. The molecule has 0 aliphatic carbocycles. The lowest BCUT2D eigenvalue weighted by Gasteiger charge is -2.08. The molecule has 0 saturated carbocycles. The van der Waals surface area contributed by atoms with Crippen molar-refractivity contribution in [3.05, 3.63) is 93.3 Å². The summed E-state index contributed by atoms with van der Waals surface area (Å²) < 4.78 is 7.28. The van der Waals surface area contributed by atoms with Crippen LogP contribution < -0.4 is 10.1 Å². The summed E-state index contributed by atoms with van der Waals surface area (Å²) in [6, 6.07) is 15.5. The number of carbonyl (C=O) groups is 1. The summed E-state index contributed by atoms with van der Waals surface area (Å²) in [6.07, 6.45) is 1.79. The van der Waals surface area contributed by atoms with Crippen LogP contribution in [0.1, 0.15) is 16.1 Å². The van der Waals surface area contributed by atoms with E-state index in [4.69, 9.17) is 16.3 Å². The molecule has 0 unspecified atom stereocenters. The van der Waals surface area contributed by atoms with E-state index in [-0.39, 0.29) is 16.3 Å². The minimum absolute atomic E-state index is 0.0102. The zero-order valence-electron chi connectivity index (χ0n) is 16.6. The smallest absolute Gasteiger partial charge is 0.270 e. The van der Waals surface area contributed by atoms with Gasteiger partial charge < -0.3 is 10.1 Å². The van der Waals surface area contributed by atoms with E-state index in [0.717, 1.165) is 11.8 Å². The summed E-state index contributed by atoms with van der Waals surface area (Å²) in [7, 11) is 0. The third-order valence-electron chi connectivity index (χ3n) is 4.33. The van der Waals surface area contributed by atoms with Gasteiger partial charge in [-0.25, -0.2) is 4.68 Å². The number of nitro benzene ring substituents is 1. The number of hydrogen-bond donors (Lipinski definition) is 1. The van der Waals surface area contributed by atoms with Gasteiger partial charge in [-0.1, -0.05) is 11.6 Å². The molecule has 0 aliphatic heterocycles. The number of rotatable bonds is 6. The van der Waals surface area contributed by atoms with Crippen molar-refractivity contribution in [1.29, 1.82) is 0 Å². The number of benzene rings is 2. The fraction of sp³-hybridized carbons (Fsp3) is 0.0476. The SMILES string of the molecule is Cc1ccn(-c2ccc(Oc3ccc(NC(=O)c4ccc([N+](=O)[O-])cc4Cl)cc3)nn2)n1. The van der Waals surface area contributed by atoms with E-state index in [9.17, 15) is 14.9 Å². The second-order valence-corrected chi connectivity index (χ2v) is 7.04. The predicted molar refractivity (Wildman–Crippen MR) is 116 cm³/mol. The van der Waals surface area contributed by atoms with Crippen molar-refractivity contribution in [3.8, 4) is 17.4 Å². The van der Waals surface area contributed by atoms with Gasteiger partial charge in [0.2, 0.25) is 5.88 Å². The Hall–Kier alpha value is -4.31. The average molecular weight is 451 g/mol. The maximum atomic E-state index is 12.4. The number of halogens is 1. The number of nitrogens with zero attached hydrogens (tertiary/aromatic N) is 5. The fourth-order valence-electron chi connectivity index (χ4n) is 2.76. The highest BCUT2D eigenvalue weighted by Gasteiger charge is 2.15. The topological polar surface area (TPSA) is 125 Å². The van der Waals surface area contributed by atoms with Crippen molar-refractivity contribution in [1.82, 2.24) is 20.0 Å². The zero-order valence-corrected chi connectivity index (χ0v) is 17.4. The highest BCUT2D eigenvalue weighted by molar-refractivity contribution is 6.34. The van der Waals surface area contributed by atoms with Crippen molar-refractivity contribution in [2.24, 2.45) is 0 Å². The molecule has 2 heterocycles. The molecule has 32 heavy (non-hydrogen) atoms. The summed E-state index contributed by atoms with van der Waals surface area (Å²) in [5.74, 6) is 0.864. The lowest BCUT2D eigenvalue weighted by atomic mass is 10.2. The second-order valence-electron chi connectivity index (χ2n) is 6.63. The largest absolute Gasteiger partial charge is 0.438 e. The molecule has 0 spiro atoms. The van der Waals surface area contributed by atoms with Gasteiger partial charge >= 0.3 is 0 Å². The molecule has 10 nitrogen and oxygen atoms in total. The van der Waals surface area contributed by atoms with Crippen LogP contribution in [0.4, 0.5) is 11.4 Å². The second kappa shape index (κ2) is 8.82. The summed E-state index contributed by atoms with van der Waals surface area (Å²) in [5, 5.41) is 25.9. The summed E-state index contributed by atoms with van der Waals surface area (Å²) >= 11 is 6.00. The van der Waals surface area contributed by atoms with Gasteiger partial charge in [-0.05, 0) is 49.4 Å². The van der Waals surface area contributed by atoms with Crippen molar-refractivity contribution in [2.75, 3.05) is 5.32 Å². The lowest BCUT2D eigenvalue weighted by molar-refractivity contribution is -0.384. The van der Waals surface area contributed by atoms with Crippen molar-refractivity contribution in [2.45, 2.75) is 6.92 Å². The molecule has 160 valence electrons. The highest BCUT2D eigenvalue weighted by Crippen LogP contribution is 2.25. The van der Waals surface area contributed by atoms with E-state index in [0.29, 0.717) is 23.1 Å². The van der Waals surface area contributed by atoms with E-state index in [1.54, 1.807) is 47.3 Å². The number of aromatic nitrogens is 4. The van der Waals surface area contributed by atoms with Gasteiger partial charge in [-0.3, -0.25) is 14.9 Å². The van der Waals surface area contributed by atoms with Crippen LogP contribution >= 0.6 is 11.6 Å². The molecule has 4 aromatic rings. The normalized spacial score (nSPS) is 10.6. The fourth-order valence-corrected chi connectivity index (χ4v) is 3.02. The Morgan fingerprint density at radius 3 is 2.47 bits per heavy atom. The van der Waals surface area contributed by atoms with E-state index >= 15 is 0 Å². The van der Waals surface area contributed by atoms with E-state index in [1.807, 2.05) is 13.0 Å². The number of ether oxygens (including phenoxy) is 1. The van der Waals surface area contributed by atoms with E-state index in [1.165, 1.54) is 12.1 Å². The van der Waals surface area contributed by atoms with Crippen LogP contribution in [0.3, 0.4) is 0 Å². The Morgan fingerprint density at radius 2 is 1.88 bits per heavy atom. The standard InChI is InChI=1S/C21H15ClN6O4/c1-13-10-11-27(26-13)19-8-9-20(25-24-19)32-16-5-2-14(3-6-16)23-21(29)17-7-4-15(28(30)31)12-18(17)22/h2-12H,1H3,(H,23,29). The quantitative estimate of drug-likeness (QED) is 0.336. The lowest BCUT2D eigenvalue weighted by Crippen LogP contribution is -2.12. The van der Waals surface area contributed by atoms with Crippen LogP contribution in [-0.4, -0.2) is 30.8 Å². The van der Waals surface area contributed by atoms with Crippen molar-refractivity contribution >= 4 is 28.9 Å². The molecule has 1 N–H and O–H groups in total. The first-order chi connectivity index (χ1) is 15.4. The molecular weight excluding hydrogens is 436 g/mol. The van der Waals surface area contributed by atoms with Crippen LogP contribution in [0.15, 0.2) is 66.9 Å². The van der Waals surface area contributed by atoms with Gasteiger partial charge in [0.15, 0.2) is 5.82 Å². The molecule has 0 fully saturated rings. The average Bonchev–Trinajstić information content (AvgIpc) is 3.21. The Bertz CT molecular complexity index is 1290. The van der Waals surface area contributed by atoms with Crippen LogP contribution in [0, 0.1) is 17.0 Å². The van der Waals surface area contributed by atoms with Gasteiger partial charge in [-0.15, -0.1) is 10.2 Å². The molecule has 0 bridgehead atoms. The van der Waals surface area contributed by atoms with Crippen molar-refractivity contribution < 1.29 is 14.5 Å². The van der Waals surface area contributed by atoms with Gasteiger partial charge in [-0.2, -0.15) is 5.10 Å². The minimum Gasteiger partial charge on any atom is -0.438 e. The number of aryl methyl sites for hydroxylation is 1. The maximum absolute atomic E-state index is 12.4. The first kappa shape index (κ1) is 20.9. The van der Waals surface area contributed by atoms with Crippen LogP contribution in [0.25, 0.3) is 5.82 Å². The number of anilines is 1. The first-order valence-electron chi connectivity index (χ1n) is 9.28. The Labute approximate surface area is 186 Å².